The van der Waals surface area contributed by atoms with Gasteiger partial charge in [-0.3, -0.25) is 14.8 Å². The molecule has 0 fully saturated rings. The first-order valence-electron chi connectivity index (χ1n) is 9.17. The van der Waals surface area contributed by atoms with Crippen molar-refractivity contribution in [2.45, 2.75) is 4.90 Å². The lowest BCUT2D eigenvalue weighted by Gasteiger charge is -2.09. The molecule has 0 saturated carbocycles. The molecule has 2 aromatic carbocycles. The molecular weight excluding hydrogens is 420 g/mol. The fraction of sp³-hybridized carbons (Fsp3) is 0.0952. The minimum absolute atomic E-state index is 0.219. The number of aromatic nitrogens is 1. The van der Waals surface area contributed by atoms with Crippen molar-refractivity contribution in [3.05, 3.63) is 72.4 Å². The number of anilines is 1. The molecular formula is C21H20N4O5S. The number of hydrogen-bond donors (Lipinski definition) is 4. The van der Waals surface area contributed by atoms with Gasteiger partial charge in [-0.2, -0.15) is 0 Å². The highest BCUT2D eigenvalue weighted by Crippen LogP contribution is 2.22. The van der Waals surface area contributed by atoms with Crippen LogP contribution < -0.4 is 26.0 Å². The molecule has 0 unspecified atom stereocenters. The summed E-state index contributed by atoms with van der Waals surface area (Å²) in [5, 5.41) is 10.7. The topological polar surface area (TPSA) is 136 Å². The second kappa shape index (κ2) is 10.9. The van der Waals surface area contributed by atoms with Crippen molar-refractivity contribution < 1.29 is 24.3 Å². The maximum Gasteiger partial charge on any atom is 0.307 e. The van der Waals surface area contributed by atoms with Crippen molar-refractivity contribution in [1.29, 1.82) is 0 Å². The standard InChI is InChI=1S/C21H20N4O5S/c22-14-4-6-16(7-5-14)30-19-3-1-2-18(24-19)20(26)23-12-13-29-15-8-10-17(11-9-15)31-21(27)25-28/h1-11,28H,12-13,22H2,(H,23,26)(H,25,27). The molecule has 0 atom stereocenters. The Kier molecular flexibility index (Phi) is 7.68. The van der Waals surface area contributed by atoms with Crippen molar-refractivity contribution in [3.8, 4) is 17.4 Å². The zero-order chi connectivity index (χ0) is 22.1. The van der Waals surface area contributed by atoms with Gasteiger partial charge in [0.1, 0.15) is 23.8 Å². The van der Waals surface area contributed by atoms with Crippen LogP contribution in [0.15, 0.2) is 71.6 Å². The Morgan fingerprint density at radius 3 is 2.42 bits per heavy atom. The van der Waals surface area contributed by atoms with E-state index < -0.39 is 5.24 Å². The molecule has 5 N–H and O–H groups in total. The Hall–Kier alpha value is -3.76. The summed E-state index contributed by atoms with van der Waals surface area (Å²) in [5.41, 5.74) is 8.04. The predicted octanol–water partition coefficient (Wildman–Crippen LogP) is 3.46. The number of nitrogens with two attached hydrogens (primary N) is 1. The van der Waals surface area contributed by atoms with Gasteiger partial charge in [-0.05, 0) is 66.4 Å². The highest BCUT2D eigenvalue weighted by molar-refractivity contribution is 8.13. The normalized spacial score (nSPS) is 10.2. The molecule has 1 heterocycles. The van der Waals surface area contributed by atoms with E-state index in [1.165, 1.54) is 0 Å². The molecule has 1 aromatic heterocycles. The summed E-state index contributed by atoms with van der Waals surface area (Å²) < 4.78 is 11.2. The van der Waals surface area contributed by atoms with E-state index in [1.807, 2.05) is 0 Å². The van der Waals surface area contributed by atoms with Crippen LogP contribution in [0.1, 0.15) is 10.5 Å². The number of thioether (sulfide) groups is 1. The SMILES string of the molecule is Nc1ccc(Oc2cccc(C(=O)NCCOc3ccc(SC(=O)NO)cc3)n2)cc1. The van der Waals surface area contributed by atoms with E-state index in [2.05, 4.69) is 10.3 Å². The number of nitrogen functional groups attached to an aromatic ring is 1. The van der Waals surface area contributed by atoms with Crippen LogP contribution in [0.2, 0.25) is 0 Å². The summed E-state index contributed by atoms with van der Waals surface area (Å²) in [7, 11) is 0. The van der Waals surface area contributed by atoms with E-state index >= 15 is 0 Å². The number of hydrogen-bond acceptors (Lipinski definition) is 8. The van der Waals surface area contributed by atoms with Crippen molar-refractivity contribution in [1.82, 2.24) is 15.8 Å². The number of amides is 2. The van der Waals surface area contributed by atoms with E-state index in [0.29, 0.717) is 28.0 Å². The summed E-state index contributed by atoms with van der Waals surface area (Å²) in [6, 6.07) is 18.5. The van der Waals surface area contributed by atoms with Crippen LogP contribution in [0, 0.1) is 0 Å². The summed E-state index contributed by atoms with van der Waals surface area (Å²) in [5.74, 6) is 1.09. The fourth-order valence-electron chi connectivity index (χ4n) is 2.41. The van der Waals surface area contributed by atoms with E-state index in [9.17, 15) is 9.59 Å². The molecule has 0 bridgehead atoms. The average Bonchev–Trinajstić information content (AvgIpc) is 2.79. The fourth-order valence-corrected chi connectivity index (χ4v) is 2.94. The maximum absolute atomic E-state index is 12.3. The van der Waals surface area contributed by atoms with E-state index in [-0.39, 0.29) is 24.8 Å². The molecule has 3 aromatic rings. The quantitative estimate of drug-likeness (QED) is 0.137. The lowest BCUT2D eigenvalue weighted by molar-refractivity contribution is 0.0941. The van der Waals surface area contributed by atoms with E-state index in [4.69, 9.17) is 20.4 Å². The molecule has 10 heteroatoms. The summed E-state index contributed by atoms with van der Waals surface area (Å²) in [4.78, 5) is 28.3. The van der Waals surface area contributed by atoms with Gasteiger partial charge in [0.25, 0.3) is 5.91 Å². The van der Waals surface area contributed by atoms with Gasteiger partial charge >= 0.3 is 5.24 Å². The van der Waals surface area contributed by atoms with Crippen molar-refractivity contribution in [2.75, 3.05) is 18.9 Å². The number of carbonyl (C=O) groups excluding carboxylic acids is 2. The largest absolute Gasteiger partial charge is 0.492 e. The van der Waals surface area contributed by atoms with E-state index in [1.54, 1.807) is 72.2 Å². The van der Waals surface area contributed by atoms with Crippen LogP contribution >= 0.6 is 11.8 Å². The zero-order valence-electron chi connectivity index (χ0n) is 16.3. The Morgan fingerprint density at radius 2 is 1.71 bits per heavy atom. The van der Waals surface area contributed by atoms with Gasteiger partial charge in [0.05, 0.1) is 6.54 Å². The lowest BCUT2D eigenvalue weighted by atomic mass is 10.3. The molecule has 0 saturated heterocycles. The minimum atomic E-state index is -0.576. The average molecular weight is 440 g/mol. The van der Waals surface area contributed by atoms with Crippen LogP contribution in [-0.2, 0) is 0 Å². The first kappa shape index (κ1) is 21.9. The molecule has 9 nitrogen and oxygen atoms in total. The monoisotopic (exact) mass is 440 g/mol. The number of carbonyl (C=O) groups is 2. The summed E-state index contributed by atoms with van der Waals surface area (Å²) in [6.07, 6.45) is 0. The van der Waals surface area contributed by atoms with Crippen molar-refractivity contribution in [2.24, 2.45) is 0 Å². The van der Waals surface area contributed by atoms with Crippen LogP contribution in [0.4, 0.5) is 10.5 Å². The van der Waals surface area contributed by atoms with Crippen molar-refractivity contribution in [3.63, 3.8) is 0 Å². The maximum atomic E-state index is 12.3. The van der Waals surface area contributed by atoms with Crippen LogP contribution in [0.25, 0.3) is 0 Å². The molecule has 2 amide bonds. The summed E-state index contributed by atoms with van der Waals surface area (Å²) >= 11 is 0.849. The molecule has 0 spiro atoms. The minimum Gasteiger partial charge on any atom is -0.492 e. The molecule has 0 aliphatic heterocycles. The Morgan fingerprint density at radius 1 is 1.00 bits per heavy atom. The van der Waals surface area contributed by atoms with Crippen LogP contribution in [0.3, 0.4) is 0 Å². The van der Waals surface area contributed by atoms with Crippen LogP contribution in [0.5, 0.6) is 17.4 Å². The second-order valence-corrected chi connectivity index (χ2v) is 7.16. The Balaban J connectivity index is 1.45. The second-order valence-electron chi connectivity index (χ2n) is 6.11. The van der Waals surface area contributed by atoms with Gasteiger partial charge in [0.2, 0.25) is 5.88 Å². The molecule has 160 valence electrons. The van der Waals surface area contributed by atoms with E-state index in [0.717, 1.165) is 11.8 Å². The Labute approximate surface area is 182 Å². The smallest absolute Gasteiger partial charge is 0.307 e. The van der Waals surface area contributed by atoms with Crippen LogP contribution in [-0.4, -0.2) is 34.5 Å². The molecule has 0 radical (unpaired) electrons. The molecule has 3 rings (SSSR count). The third-order valence-electron chi connectivity index (χ3n) is 3.84. The zero-order valence-corrected chi connectivity index (χ0v) is 17.1. The van der Waals surface area contributed by atoms with Gasteiger partial charge in [0.15, 0.2) is 0 Å². The number of nitrogens with zero attached hydrogens (tertiary/aromatic N) is 1. The Bertz CT molecular complexity index is 1030. The number of rotatable bonds is 8. The first-order chi connectivity index (χ1) is 15.0. The molecule has 31 heavy (non-hydrogen) atoms. The van der Waals surface area contributed by atoms with Gasteiger partial charge in [-0.25, -0.2) is 10.5 Å². The third-order valence-corrected chi connectivity index (χ3v) is 4.63. The highest BCUT2D eigenvalue weighted by Gasteiger charge is 2.09. The number of pyridine rings is 1. The number of nitrogens with one attached hydrogen (secondary N) is 2. The van der Waals surface area contributed by atoms with Gasteiger partial charge in [-0.1, -0.05) is 6.07 Å². The first-order valence-corrected chi connectivity index (χ1v) is 9.98. The predicted molar refractivity (Wildman–Crippen MR) is 116 cm³/mol. The highest BCUT2D eigenvalue weighted by atomic mass is 32.2. The van der Waals surface area contributed by atoms with Gasteiger partial charge < -0.3 is 20.5 Å². The van der Waals surface area contributed by atoms with Crippen molar-refractivity contribution >= 4 is 28.6 Å². The summed E-state index contributed by atoms with van der Waals surface area (Å²) in [6.45, 7) is 0.518. The van der Waals surface area contributed by atoms with Gasteiger partial charge in [0, 0.05) is 16.6 Å². The lowest BCUT2D eigenvalue weighted by Crippen LogP contribution is -2.28. The third kappa shape index (κ3) is 6.91. The van der Waals surface area contributed by atoms with Gasteiger partial charge in [-0.15, -0.1) is 0 Å². The molecule has 0 aliphatic carbocycles. The molecule has 0 aliphatic rings. The number of ether oxygens (including phenoxy) is 2. The number of hydroxylamine groups is 1. The number of benzene rings is 2.